The fourth-order valence-electron chi connectivity index (χ4n) is 2.33. The van der Waals surface area contributed by atoms with Crippen molar-refractivity contribution in [2.45, 2.75) is 13.1 Å². The van der Waals surface area contributed by atoms with Crippen LogP contribution in [0, 0.1) is 0 Å². The van der Waals surface area contributed by atoms with E-state index in [-0.39, 0.29) is 0 Å². The second-order valence-corrected chi connectivity index (χ2v) is 4.79. The molecule has 0 spiro atoms. The van der Waals surface area contributed by atoms with Crippen molar-refractivity contribution in [3.8, 4) is 0 Å². The van der Waals surface area contributed by atoms with Crippen molar-refractivity contribution in [2.24, 2.45) is 0 Å². The SMILES string of the molecule is CN(Cc1ccoc1)Cc1ccnc2ccccc12. The number of hydrogen-bond donors (Lipinski definition) is 0. The number of nitrogens with zero attached hydrogens (tertiary/aromatic N) is 2. The van der Waals surface area contributed by atoms with E-state index in [2.05, 4.69) is 41.2 Å². The topological polar surface area (TPSA) is 29.3 Å². The molecular formula is C16H16N2O. The molecule has 0 bridgehead atoms. The first-order valence-electron chi connectivity index (χ1n) is 6.35. The van der Waals surface area contributed by atoms with E-state index in [0.717, 1.165) is 18.6 Å². The maximum Gasteiger partial charge on any atom is 0.0947 e. The van der Waals surface area contributed by atoms with E-state index >= 15 is 0 Å². The summed E-state index contributed by atoms with van der Waals surface area (Å²) in [6.07, 6.45) is 5.38. The summed E-state index contributed by atoms with van der Waals surface area (Å²) in [7, 11) is 2.11. The van der Waals surface area contributed by atoms with Gasteiger partial charge in [-0.15, -0.1) is 0 Å². The average Bonchev–Trinajstić information content (AvgIpc) is 2.92. The van der Waals surface area contributed by atoms with E-state index in [1.165, 1.54) is 16.5 Å². The van der Waals surface area contributed by atoms with Crippen molar-refractivity contribution < 1.29 is 4.42 Å². The van der Waals surface area contributed by atoms with Crippen LogP contribution in [-0.4, -0.2) is 16.9 Å². The summed E-state index contributed by atoms with van der Waals surface area (Å²) in [6, 6.07) is 12.4. The Labute approximate surface area is 112 Å². The summed E-state index contributed by atoms with van der Waals surface area (Å²) < 4.78 is 5.10. The molecule has 19 heavy (non-hydrogen) atoms. The van der Waals surface area contributed by atoms with Crippen LogP contribution in [0.2, 0.25) is 0 Å². The van der Waals surface area contributed by atoms with Crippen molar-refractivity contribution in [1.82, 2.24) is 9.88 Å². The highest BCUT2D eigenvalue weighted by molar-refractivity contribution is 5.81. The third kappa shape index (κ3) is 2.66. The molecule has 0 saturated carbocycles. The smallest absolute Gasteiger partial charge is 0.0947 e. The molecule has 1 aromatic carbocycles. The lowest BCUT2D eigenvalue weighted by molar-refractivity contribution is 0.319. The van der Waals surface area contributed by atoms with Gasteiger partial charge in [-0.1, -0.05) is 18.2 Å². The van der Waals surface area contributed by atoms with Crippen LogP contribution in [-0.2, 0) is 13.1 Å². The van der Waals surface area contributed by atoms with E-state index in [9.17, 15) is 0 Å². The molecule has 3 heteroatoms. The summed E-state index contributed by atoms with van der Waals surface area (Å²) in [5.41, 5.74) is 3.55. The van der Waals surface area contributed by atoms with Crippen LogP contribution >= 0.6 is 0 Å². The highest BCUT2D eigenvalue weighted by Crippen LogP contribution is 2.18. The van der Waals surface area contributed by atoms with Gasteiger partial charge in [0.2, 0.25) is 0 Å². The normalized spacial score (nSPS) is 11.3. The highest BCUT2D eigenvalue weighted by atomic mass is 16.3. The van der Waals surface area contributed by atoms with Gasteiger partial charge < -0.3 is 4.42 Å². The zero-order valence-corrected chi connectivity index (χ0v) is 10.9. The third-order valence-corrected chi connectivity index (χ3v) is 3.21. The highest BCUT2D eigenvalue weighted by Gasteiger charge is 2.06. The Balaban J connectivity index is 1.81. The van der Waals surface area contributed by atoms with E-state index in [4.69, 9.17) is 4.42 Å². The van der Waals surface area contributed by atoms with Crippen molar-refractivity contribution in [2.75, 3.05) is 7.05 Å². The monoisotopic (exact) mass is 252 g/mol. The van der Waals surface area contributed by atoms with Gasteiger partial charge in [-0.2, -0.15) is 0 Å². The van der Waals surface area contributed by atoms with Gasteiger partial charge in [-0.25, -0.2) is 0 Å². The van der Waals surface area contributed by atoms with Gasteiger partial charge in [0.1, 0.15) is 0 Å². The lowest BCUT2D eigenvalue weighted by atomic mass is 10.1. The minimum Gasteiger partial charge on any atom is -0.472 e. The first kappa shape index (κ1) is 11.9. The largest absolute Gasteiger partial charge is 0.472 e. The Kier molecular flexibility index (Phi) is 3.29. The van der Waals surface area contributed by atoms with Crippen LogP contribution in [0.3, 0.4) is 0 Å². The van der Waals surface area contributed by atoms with Gasteiger partial charge in [0.25, 0.3) is 0 Å². The van der Waals surface area contributed by atoms with E-state index in [0.29, 0.717) is 0 Å². The van der Waals surface area contributed by atoms with Gasteiger partial charge >= 0.3 is 0 Å². The summed E-state index contributed by atoms with van der Waals surface area (Å²) in [6.45, 7) is 1.78. The standard InChI is InChI=1S/C16H16N2O/c1-18(10-13-7-9-19-12-13)11-14-6-8-17-16-5-3-2-4-15(14)16/h2-9,12H,10-11H2,1H3. The molecule has 3 nitrogen and oxygen atoms in total. The lowest BCUT2D eigenvalue weighted by Gasteiger charge is -2.16. The molecule has 96 valence electrons. The number of hydrogen-bond acceptors (Lipinski definition) is 3. The summed E-state index contributed by atoms with van der Waals surface area (Å²) in [4.78, 5) is 6.66. The van der Waals surface area contributed by atoms with Crippen LogP contribution in [0.25, 0.3) is 10.9 Å². The van der Waals surface area contributed by atoms with E-state index in [1.807, 2.05) is 18.3 Å². The van der Waals surface area contributed by atoms with Crippen LogP contribution < -0.4 is 0 Å². The number of fused-ring (bicyclic) bond motifs is 1. The Morgan fingerprint density at radius 3 is 2.84 bits per heavy atom. The predicted molar refractivity (Wildman–Crippen MR) is 75.6 cm³/mol. The number of aromatic nitrogens is 1. The molecule has 0 fully saturated rings. The zero-order chi connectivity index (χ0) is 13.1. The van der Waals surface area contributed by atoms with Crippen molar-refractivity contribution in [3.63, 3.8) is 0 Å². The maximum atomic E-state index is 5.10. The maximum absolute atomic E-state index is 5.10. The molecule has 0 radical (unpaired) electrons. The average molecular weight is 252 g/mol. The Bertz CT molecular complexity index is 656. The molecule has 0 N–H and O–H groups in total. The van der Waals surface area contributed by atoms with Crippen LogP contribution in [0.1, 0.15) is 11.1 Å². The summed E-state index contributed by atoms with van der Waals surface area (Å²) in [5, 5.41) is 1.23. The minimum atomic E-state index is 0.882. The summed E-state index contributed by atoms with van der Waals surface area (Å²) >= 11 is 0. The van der Waals surface area contributed by atoms with Gasteiger partial charge in [0, 0.05) is 30.2 Å². The number of pyridine rings is 1. The zero-order valence-electron chi connectivity index (χ0n) is 10.9. The fourth-order valence-corrected chi connectivity index (χ4v) is 2.33. The van der Waals surface area contributed by atoms with Gasteiger partial charge in [0.15, 0.2) is 0 Å². The predicted octanol–water partition coefficient (Wildman–Crippen LogP) is 3.46. The quantitative estimate of drug-likeness (QED) is 0.712. The third-order valence-electron chi connectivity index (χ3n) is 3.21. The molecule has 0 atom stereocenters. The van der Waals surface area contributed by atoms with Gasteiger partial charge in [0.05, 0.1) is 18.0 Å². The van der Waals surface area contributed by atoms with Crippen molar-refractivity contribution >= 4 is 10.9 Å². The Hall–Kier alpha value is -2.13. The van der Waals surface area contributed by atoms with Gasteiger partial charge in [-0.3, -0.25) is 9.88 Å². The molecule has 0 aliphatic rings. The molecule has 3 rings (SSSR count). The number of rotatable bonds is 4. The van der Waals surface area contributed by atoms with Crippen molar-refractivity contribution in [1.29, 1.82) is 0 Å². The molecular weight excluding hydrogens is 236 g/mol. The molecule has 2 heterocycles. The minimum absolute atomic E-state index is 0.882. The first-order valence-corrected chi connectivity index (χ1v) is 6.35. The van der Waals surface area contributed by atoms with Crippen LogP contribution in [0.4, 0.5) is 0 Å². The van der Waals surface area contributed by atoms with E-state index < -0.39 is 0 Å². The second kappa shape index (κ2) is 5.24. The first-order chi connectivity index (χ1) is 9.33. The summed E-state index contributed by atoms with van der Waals surface area (Å²) in [5.74, 6) is 0. The Morgan fingerprint density at radius 2 is 2.00 bits per heavy atom. The lowest BCUT2D eigenvalue weighted by Crippen LogP contribution is -2.17. The Morgan fingerprint density at radius 1 is 1.11 bits per heavy atom. The molecule has 2 aromatic heterocycles. The van der Waals surface area contributed by atoms with Crippen LogP contribution in [0.15, 0.2) is 59.5 Å². The number of benzene rings is 1. The molecule has 3 aromatic rings. The molecule has 0 aliphatic carbocycles. The van der Waals surface area contributed by atoms with Crippen LogP contribution in [0.5, 0.6) is 0 Å². The molecule has 0 unspecified atom stereocenters. The fraction of sp³-hybridized carbons (Fsp3) is 0.188. The number of furan rings is 1. The van der Waals surface area contributed by atoms with E-state index in [1.54, 1.807) is 12.5 Å². The number of para-hydroxylation sites is 1. The van der Waals surface area contributed by atoms with Gasteiger partial charge in [-0.05, 0) is 30.8 Å². The molecule has 0 saturated heterocycles. The molecule has 0 aliphatic heterocycles. The van der Waals surface area contributed by atoms with Crippen molar-refractivity contribution in [3.05, 3.63) is 66.2 Å². The molecule has 0 amide bonds. The second-order valence-electron chi connectivity index (χ2n) is 4.79.